The Hall–Kier alpha value is -3.06. The van der Waals surface area contributed by atoms with Gasteiger partial charge in [-0.25, -0.2) is 19.5 Å². The number of pyridine rings is 2. The number of nitrogens with one attached hydrogen (secondary N) is 1. The maximum Gasteiger partial charge on any atom is 0.241 e. The van der Waals surface area contributed by atoms with Crippen LogP contribution in [0.25, 0.3) is 27.7 Å². The van der Waals surface area contributed by atoms with Crippen LogP contribution >= 0.6 is 0 Å². The minimum atomic E-state index is 0.441. The maximum atomic E-state index is 4.68. The third-order valence-electron chi connectivity index (χ3n) is 5.94. The summed E-state index contributed by atoms with van der Waals surface area (Å²) in [6, 6.07) is 9.26. The zero-order valence-corrected chi connectivity index (χ0v) is 16.8. The fraction of sp³-hybridized carbons (Fsp3) is 0.364. The van der Waals surface area contributed by atoms with Crippen molar-refractivity contribution in [3.05, 3.63) is 49.1 Å². The molecule has 0 saturated heterocycles. The van der Waals surface area contributed by atoms with Crippen molar-refractivity contribution < 1.29 is 0 Å². The Labute approximate surface area is 169 Å². The van der Waals surface area contributed by atoms with Crippen molar-refractivity contribution in [2.45, 2.75) is 37.8 Å². The number of anilines is 1. The first kappa shape index (κ1) is 18.0. The monoisotopic (exact) mass is 387 g/mol. The van der Waals surface area contributed by atoms with E-state index in [1.54, 1.807) is 6.20 Å². The zero-order valence-electron chi connectivity index (χ0n) is 16.8. The van der Waals surface area contributed by atoms with Crippen LogP contribution in [-0.4, -0.2) is 55.6 Å². The van der Waals surface area contributed by atoms with Crippen molar-refractivity contribution in [3.8, 4) is 11.1 Å². The summed E-state index contributed by atoms with van der Waals surface area (Å²) in [5, 5.41) is 9.23. The molecule has 0 atom stereocenters. The average Bonchev–Trinajstić information content (AvgIpc) is 3.17. The third kappa shape index (κ3) is 3.53. The Kier molecular flexibility index (Phi) is 4.60. The van der Waals surface area contributed by atoms with Gasteiger partial charge in [-0.2, -0.15) is 0 Å². The van der Waals surface area contributed by atoms with E-state index in [0.717, 1.165) is 40.5 Å². The molecule has 0 aliphatic heterocycles. The Balaban J connectivity index is 1.37. The summed E-state index contributed by atoms with van der Waals surface area (Å²) in [4.78, 5) is 15.7. The molecule has 1 N–H and O–H groups in total. The zero-order chi connectivity index (χ0) is 19.8. The van der Waals surface area contributed by atoms with Gasteiger partial charge in [-0.3, -0.25) is 0 Å². The molecule has 1 aliphatic rings. The van der Waals surface area contributed by atoms with E-state index in [9.17, 15) is 0 Å². The van der Waals surface area contributed by atoms with Gasteiger partial charge in [0.05, 0.1) is 11.7 Å². The van der Waals surface area contributed by atoms with Gasteiger partial charge in [-0.1, -0.05) is 0 Å². The molecule has 7 heteroatoms. The van der Waals surface area contributed by atoms with Crippen LogP contribution in [0.2, 0.25) is 0 Å². The summed E-state index contributed by atoms with van der Waals surface area (Å²) in [7, 11) is 4.33. The third-order valence-corrected chi connectivity index (χ3v) is 5.94. The Bertz CT molecular complexity index is 1140. The molecule has 148 valence electrons. The molecule has 0 radical (unpaired) electrons. The van der Waals surface area contributed by atoms with Gasteiger partial charge < -0.3 is 10.2 Å². The molecule has 5 rings (SSSR count). The van der Waals surface area contributed by atoms with Crippen LogP contribution in [-0.2, 0) is 0 Å². The predicted octanol–water partition coefficient (Wildman–Crippen LogP) is 3.62. The molecule has 4 heterocycles. The maximum absolute atomic E-state index is 4.68. The highest BCUT2D eigenvalue weighted by Crippen LogP contribution is 2.27. The smallest absolute Gasteiger partial charge is 0.241 e. The highest BCUT2D eigenvalue weighted by Gasteiger charge is 2.23. The van der Waals surface area contributed by atoms with Crippen LogP contribution < -0.4 is 5.32 Å². The molecule has 0 amide bonds. The lowest BCUT2D eigenvalue weighted by molar-refractivity contribution is 0.221. The van der Waals surface area contributed by atoms with E-state index in [1.165, 1.54) is 12.8 Å². The predicted molar refractivity (Wildman–Crippen MR) is 115 cm³/mol. The van der Waals surface area contributed by atoms with Crippen LogP contribution in [0.4, 0.5) is 5.95 Å². The summed E-state index contributed by atoms with van der Waals surface area (Å²) in [6.45, 7) is 0. The molecule has 1 saturated carbocycles. The molecule has 0 unspecified atom stereocenters. The van der Waals surface area contributed by atoms with Crippen LogP contribution in [0, 0.1) is 0 Å². The summed E-state index contributed by atoms with van der Waals surface area (Å²) in [5.74, 6) is 0.689. The SMILES string of the molecule is CN(C)C1CCC(Nc2ncc3c(-c4cnc5ncccc5c4)ccn3n2)CC1. The van der Waals surface area contributed by atoms with Gasteiger partial charge in [0, 0.05) is 47.2 Å². The topological polar surface area (TPSA) is 71.2 Å². The van der Waals surface area contributed by atoms with Gasteiger partial charge in [0.1, 0.15) is 0 Å². The Morgan fingerprint density at radius 3 is 2.72 bits per heavy atom. The molecule has 4 aromatic rings. The van der Waals surface area contributed by atoms with E-state index in [4.69, 9.17) is 0 Å². The van der Waals surface area contributed by atoms with E-state index >= 15 is 0 Å². The number of nitrogens with zero attached hydrogens (tertiary/aromatic N) is 6. The van der Waals surface area contributed by atoms with Crippen molar-refractivity contribution in [2.24, 2.45) is 0 Å². The van der Waals surface area contributed by atoms with Crippen LogP contribution in [0.15, 0.2) is 49.1 Å². The van der Waals surface area contributed by atoms with Crippen molar-refractivity contribution >= 4 is 22.5 Å². The van der Waals surface area contributed by atoms with E-state index in [-0.39, 0.29) is 0 Å². The lowest BCUT2D eigenvalue weighted by Gasteiger charge is -2.32. The summed E-state index contributed by atoms with van der Waals surface area (Å²) >= 11 is 0. The van der Waals surface area contributed by atoms with E-state index in [1.807, 2.05) is 35.2 Å². The molecule has 0 aromatic carbocycles. The molecule has 4 aromatic heterocycles. The van der Waals surface area contributed by atoms with E-state index < -0.39 is 0 Å². The molecule has 1 fully saturated rings. The quantitative estimate of drug-likeness (QED) is 0.577. The summed E-state index contributed by atoms with van der Waals surface area (Å²) in [5.41, 5.74) is 3.84. The lowest BCUT2D eigenvalue weighted by atomic mass is 9.91. The summed E-state index contributed by atoms with van der Waals surface area (Å²) < 4.78 is 1.89. The fourth-order valence-corrected chi connectivity index (χ4v) is 4.24. The van der Waals surface area contributed by atoms with Crippen LogP contribution in [0.1, 0.15) is 25.7 Å². The number of aromatic nitrogens is 5. The summed E-state index contributed by atoms with van der Waals surface area (Å²) in [6.07, 6.45) is 12.2. The molecule has 0 bridgehead atoms. The minimum Gasteiger partial charge on any atom is -0.350 e. The second kappa shape index (κ2) is 7.40. The standard InChI is InChI=1S/C22H25N7/c1-28(2)18-7-5-17(6-8-18)26-22-25-14-20-19(9-11-29(20)27-22)16-12-15-4-3-10-23-21(15)24-13-16/h3-4,9-14,17-18H,5-8H2,1-2H3,(H,26,27). The molecular formula is C22H25N7. The number of hydrogen-bond donors (Lipinski definition) is 1. The molecular weight excluding hydrogens is 362 g/mol. The second-order valence-corrected chi connectivity index (χ2v) is 8.03. The van der Waals surface area contributed by atoms with Crippen molar-refractivity contribution in [1.29, 1.82) is 0 Å². The lowest BCUT2D eigenvalue weighted by Crippen LogP contribution is -2.36. The van der Waals surface area contributed by atoms with Gasteiger partial charge in [-0.05, 0) is 64.0 Å². The number of rotatable bonds is 4. The Morgan fingerprint density at radius 2 is 1.90 bits per heavy atom. The molecule has 7 nitrogen and oxygen atoms in total. The highest BCUT2D eigenvalue weighted by atomic mass is 15.3. The fourth-order valence-electron chi connectivity index (χ4n) is 4.24. The minimum absolute atomic E-state index is 0.441. The second-order valence-electron chi connectivity index (χ2n) is 8.03. The van der Waals surface area contributed by atoms with E-state index in [2.05, 4.69) is 56.5 Å². The first-order chi connectivity index (χ1) is 14.2. The number of hydrogen-bond acceptors (Lipinski definition) is 6. The first-order valence-electron chi connectivity index (χ1n) is 10.2. The average molecular weight is 387 g/mol. The highest BCUT2D eigenvalue weighted by molar-refractivity contribution is 5.86. The number of fused-ring (bicyclic) bond motifs is 2. The van der Waals surface area contributed by atoms with Gasteiger partial charge >= 0.3 is 0 Å². The van der Waals surface area contributed by atoms with Gasteiger partial charge in [0.15, 0.2) is 5.65 Å². The van der Waals surface area contributed by atoms with Crippen molar-refractivity contribution in [3.63, 3.8) is 0 Å². The molecule has 0 spiro atoms. The normalized spacial score (nSPS) is 19.8. The van der Waals surface area contributed by atoms with Gasteiger partial charge in [0.25, 0.3) is 0 Å². The largest absolute Gasteiger partial charge is 0.350 e. The van der Waals surface area contributed by atoms with Crippen molar-refractivity contribution in [2.75, 3.05) is 19.4 Å². The van der Waals surface area contributed by atoms with Crippen molar-refractivity contribution in [1.82, 2.24) is 29.5 Å². The Morgan fingerprint density at radius 1 is 1.03 bits per heavy atom. The molecule has 1 aliphatic carbocycles. The van der Waals surface area contributed by atoms with Gasteiger partial charge in [-0.15, -0.1) is 5.10 Å². The molecule has 29 heavy (non-hydrogen) atoms. The van der Waals surface area contributed by atoms with Gasteiger partial charge in [0.2, 0.25) is 5.95 Å². The van der Waals surface area contributed by atoms with Crippen LogP contribution in [0.3, 0.4) is 0 Å². The van der Waals surface area contributed by atoms with Crippen LogP contribution in [0.5, 0.6) is 0 Å². The van der Waals surface area contributed by atoms with E-state index in [0.29, 0.717) is 18.0 Å². The first-order valence-corrected chi connectivity index (χ1v) is 10.2.